The van der Waals surface area contributed by atoms with Crippen molar-refractivity contribution in [2.24, 2.45) is 5.73 Å². The summed E-state index contributed by atoms with van der Waals surface area (Å²) < 4.78 is 78.4. The lowest BCUT2D eigenvalue weighted by Crippen LogP contribution is -2.85. The SMILES string of the molecule is CCC(=O)NC(O[NH+]=C(N)c1ccccc1)(C(F)(F)F)C(F)(F)F. The predicted octanol–water partition coefficient (Wildman–Crippen LogP) is 0.751. The van der Waals surface area contributed by atoms with Crippen molar-refractivity contribution < 1.29 is 41.1 Å². The Labute approximate surface area is 132 Å². The minimum absolute atomic E-state index is 0.0950. The van der Waals surface area contributed by atoms with Crippen LogP contribution in [0.2, 0.25) is 0 Å². The molecule has 0 heterocycles. The van der Waals surface area contributed by atoms with E-state index >= 15 is 0 Å². The van der Waals surface area contributed by atoms with E-state index in [9.17, 15) is 31.1 Å². The molecular weight excluding hydrogens is 344 g/mol. The van der Waals surface area contributed by atoms with Crippen LogP contribution in [0.4, 0.5) is 26.3 Å². The molecule has 0 aliphatic carbocycles. The van der Waals surface area contributed by atoms with Gasteiger partial charge in [0.15, 0.2) is 0 Å². The number of amidine groups is 1. The van der Waals surface area contributed by atoms with Gasteiger partial charge in [-0.2, -0.15) is 26.3 Å². The van der Waals surface area contributed by atoms with Gasteiger partial charge in [-0.1, -0.05) is 30.3 Å². The van der Waals surface area contributed by atoms with Crippen LogP contribution in [-0.2, 0) is 9.63 Å². The second-order valence-corrected chi connectivity index (χ2v) is 4.56. The minimum atomic E-state index is -6.00. The van der Waals surface area contributed by atoms with Gasteiger partial charge in [0.2, 0.25) is 5.91 Å². The van der Waals surface area contributed by atoms with Gasteiger partial charge in [-0.25, -0.2) is 0 Å². The number of carbonyl (C=O) groups excluding carboxylic acids is 1. The Bertz CT molecular complexity index is 584. The van der Waals surface area contributed by atoms with Crippen molar-refractivity contribution in [3.63, 3.8) is 0 Å². The van der Waals surface area contributed by atoms with E-state index in [0.29, 0.717) is 0 Å². The third-order valence-corrected chi connectivity index (χ3v) is 2.83. The van der Waals surface area contributed by atoms with Gasteiger partial charge in [-0.3, -0.25) is 20.7 Å². The monoisotopic (exact) mass is 358 g/mol. The number of carbonyl (C=O) groups is 1. The van der Waals surface area contributed by atoms with E-state index in [1.54, 1.807) is 6.07 Å². The van der Waals surface area contributed by atoms with Crippen LogP contribution in [0, 0.1) is 0 Å². The average Bonchev–Trinajstić information content (AvgIpc) is 2.49. The fourth-order valence-corrected chi connectivity index (χ4v) is 1.54. The first-order chi connectivity index (χ1) is 10.9. The van der Waals surface area contributed by atoms with E-state index in [-0.39, 0.29) is 5.56 Å². The molecule has 0 fully saturated rings. The molecule has 4 N–H and O–H groups in total. The lowest BCUT2D eigenvalue weighted by atomic mass is 10.2. The maximum Gasteiger partial charge on any atom is 0.463 e. The summed E-state index contributed by atoms with van der Waals surface area (Å²) >= 11 is 0. The van der Waals surface area contributed by atoms with Gasteiger partial charge in [0.05, 0.1) is 5.56 Å². The number of benzene rings is 1. The zero-order chi connectivity index (χ0) is 18.6. The Morgan fingerprint density at radius 2 is 1.62 bits per heavy atom. The molecule has 0 bridgehead atoms. The van der Waals surface area contributed by atoms with E-state index in [1.807, 2.05) is 0 Å². The van der Waals surface area contributed by atoms with Gasteiger partial charge >= 0.3 is 23.9 Å². The molecular formula is C13H14F6N3O2+. The highest BCUT2D eigenvalue weighted by Crippen LogP contribution is 2.42. The Morgan fingerprint density at radius 3 is 2.04 bits per heavy atom. The van der Waals surface area contributed by atoms with Gasteiger partial charge in [0, 0.05) is 6.42 Å². The molecule has 1 aromatic rings. The first-order valence-electron chi connectivity index (χ1n) is 6.51. The Balaban J connectivity index is 3.29. The maximum absolute atomic E-state index is 13.1. The molecule has 0 aromatic heterocycles. The number of nitrogens with two attached hydrogens (primary N) is 1. The molecule has 0 spiro atoms. The summed E-state index contributed by atoms with van der Waals surface area (Å²) in [4.78, 5) is 15.0. The lowest BCUT2D eigenvalue weighted by Gasteiger charge is -2.33. The number of nitrogens with one attached hydrogen (secondary N) is 2. The van der Waals surface area contributed by atoms with E-state index in [0.717, 1.165) is 12.2 Å². The van der Waals surface area contributed by atoms with Gasteiger partial charge in [0.25, 0.3) is 0 Å². The quantitative estimate of drug-likeness (QED) is 0.239. The van der Waals surface area contributed by atoms with Crippen LogP contribution < -0.4 is 16.2 Å². The molecule has 0 saturated heterocycles. The number of amides is 1. The van der Waals surface area contributed by atoms with Crippen LogP contribution in [0.5, 0.6) is 0 Å². The van der Waals surface area contributed by atoms with Gasteiger partial charge in [-0.15, -0.1) is 0 Å². The standard InChI is InChI=1S/C13H13F6N3O2/c1-2-9(23)21-11(12(14,15)16,13(17,18)19)24-22-10(20)8-6-4-3-5-7-8/h3-7H,2H2,1H3,(H2,20,22)(H,21,23)/p+1. The Morgan fingerprint density at radius 1 is 1.12 bits per heavy atom. The molecule has 134 valence electrons. The highest BCUT2D eigenvalue weighted by molar-refractivity contribution is 5.92. The third kappa shape index (κ3) is 4.09. The fraction of sp³-hybridized carbons (Fsp3) is 0.385. The second-order valence-electron chi connectivity index (χ2n) is 4.56. The summed E-state index contributed by atoms with van der Waals surface area (Å²) in [6.07, 6.45) is -12.6. The summed E-state index contributed by atoms with van der Waals surface area (Å²) in [5.41, 5.74) is 0.528. The predicted molar refractivity (Wildman–Crippen MR) is 70.1 cm³/mol. The van der Waals surface area contributed by atoms with Crippen molar-refractivity contribution in [3.8, 4) is 0 Å². The molecule has 0 saturated carbocycles. The van der Waals surface area contributed by atoms with E-state index < -0.39 is 36.2 Å². The zero-order valence-corrected chi connectivity index (χ0v) is 12.3. The van der Waals surface area contributed by atoms with E-state index in [2.05, 4.69) is 4.84 Å². The molecule has 1 amide bonds. The molecule has 1 aromatic carbocycles. The topological polar surface area (TPSA) is 78.3 Å². The van der Waals surface area contributed by atoms with Crippen molar-refractivity contribution >= 4 is 11.7 Å². The molecule has 1 rings (SSSR count). The molecule has 0 atom stereocenters. The molecule has 0 aliphatic rings. The summed E-state index contributed by atoms with van der Waals surface area (Å²) in [6, 6.07) is 7.15. The summed E-state index contributed by atoms with van der Waals surface area (Å²) in [7, 11) is 0. The number of hydrogen-bond acceptors (Lipinski definition) is 2. The van der Waals surface area contributed by atoms with Crippen LogP contribution >= 0.6 is 0 Å². The highest BCUT2D eigenvalue weighted by atomic mass is 19.4. The number of nitrogen functional groups attached to an aromatic ring is 1. The molecule has 5 nitrogen and oxygen atoms in total. The molecule has 24 heavy (non-hydrogen) atoms. The zero-order valence-electron chi connectivity index (χ0n) is 12.3. The van der Waals surface area contributed by atoms with Crippen LogP contribution in [0.1, 0.15) is 18.9 Å². The van der Waals surface area contributed by atoms with Crippen LogP contribution in [0.3, 0.4) is 0 Å². The van der Waals surface area contributed by atoms with Crippen LogP contribution in [-0.4, -0.2) is 29.8 Å². The van der Waals surface area contributed by atoms with Crippen molar-refractivity contribution in [3.05, 3.63) is 35.9 Å². The molecule has 0 radical (unpaired) electrons. The number of alkyl halides is 6. The largest absolute Gasteiger partial charge is 0.463 e. The normalized spacial score (nSPS) is 13.5. The lowest BCUT2D eigenvalue weighted by molar-refractivity contribution is -0.799. The van der Waals surface area contributed by atoms with Gasteiger partial charge < -0.3 is 0 Å². The first-order valence-corrected chi connectivity index (χ1v) is 6.51. The molecule has 0 unspecified atom stereocenters. The fourth-order valence-electron chi connectivity index (χ4n) is 1.54. The number of rotatable bonds is 5. The van der Waals surface area contributed by atoms with E-state index in [4.69, 9.17) is 5.73 Å². The van der Waals surface area contributed by atoms with E-state index in [1.165, 1.54) is 29.4 Å². The Kier molecular flexibility index (Phi) is 5.69. The van der Waals surface area contributed by atoms with Crippen LogP contribution in [0.15, 0.2) is 30.3 Å². The van der Waals surface area contributed by atoms with Crippen molar-refractivity contribution in [1.82, 2.24) is 5.32 Å². The van der Waals surface area contributed by atoms with Gasteiger partial charge in [-0.05, 0) is 12.1 Å². The van der Waals surface area contributed by atoms with Crippen molar-refractivity contribution in [2.75, 3.05) is 0 Å². The van der Waals surface area contributed by atoms with Crippen molar-refractivity contribution in [2.45, 2.75) is 31.4 Å². The highest BCUT2D eigenvalue weighted by Gasteiger charge is 2.77. The third-order valence-electron chi connectivity index (χ3n) is 2.83. The smallest absolute Gasteiger partial charge is 0.299 e. The summed E-state index contributed by atoms with van der Waals surface area (Å²) in [6.45, 7) is 1.09. The average molecular weight is 358 g/mol. The van der Waals surface area contributed by atoms with Crippen LogP contribution in [0.25, 0.3) is 0 Å². The molecule has 0 aliphatic heterocycles. The number of halogens is 6. The van der Waals surface area contributed by atoms with Crippen molar-refractivity contribution in [1.29, 1.82) is 0 Å². The minimum Gasteiger partial charge on any atom is -0.299 e. The van der Waals surface area contributed by atoms with Gasteiger partial charge in [0.1, 0.15) is 0 Å². The number of hydrogen-bond donors (Lipinski definition) is 3. The maximum atomic E-state index is 13.1. The Hall–Kier alpha value is -2.46. The molecule has 11 heteroatoms. The first kappa shape index (κ1) is 19.6. The summed E-state index contributed by atoms with van der Waals surface area (Å²) in [5.74, 6) is -2.11. The second kappa shape index (κ2) is 6.97. The summed E-state index contributed by atoms with van der Waals surface area (Å²) in [5, 5.41) is 2.25.